The lowest BCUT2D eigenvalue weighted by Crippen LogP contribution is -2.45. The molecule has 524 valence electrons. The molecule has 0 aromatic heterocycles. The largest absolute Gasteiger partial charge is 0.466 e. The highest BCUT2D eigenvalue weighted by Gasteiger charge is 2.18. The number of ether oxygens (including phenoxy) is 1. The summed E-state index contributed by atoms with van der Waals surface area (Å²) < 4.78 is 5.49. The number of aliphatic hydroxyl groups excluding tert-OH is 2. The van der Waals surface area contributed by atoms with Crippen molar-refractivity contribution in [2.24, 2.45) is 0 Å². The van der Waals surface area contributed by atoms with E-state index in [1.807, 2.05) is 6.08 Å². The van der Waals surface area contributed by atoms with E-state index >= 15 is 0 Å². The Bertz CT molecular complexity index is 1490. The second-order valence-corrected chi connectivity index (χ2v) is 27.7. The van der Waals surface area contributed by atoms with Gasteiger partial charge in [-0.1, -0.05) is 390 Å². The minimum absolute atomic E-state index is 0.0104. The molecule has 0 bridgehead atoms. The van der Waals surface area contributed by atoms with Gasteiger partial charge in [-0.25, -0.2) is 0 Å². The predicted molar refractivity (Wildman–Crippen MR) is 393 cm³/mol. The Labute approximate surface area is 556 Å². The Morgan fingerprint density at radius 3 is 0.865 bits per heavy atom. The summed E-state index contributed by atoms with van der Waals surface area (Å²) in [5.74, 6) is -0.0506. The summed E-state index contributed by atoms with van der Waals surface area (Å²) in [4.78, 5) is 24.6. The van der Waals surface area contributed by atoms with Gasteiger partial charge in [0.05, 0.1) is 25.4 Å². The number of esters is 1. The SMILES string of the molecule is CCCCCCC/C=C\CCCCCCCC(=O)OCCCCCCCCCCCCCCC/C=C\C/C=C\CCCCCCCCCCCCCCCCCCCC(=O)NC(CO)C(O)/C=C/CCCCCCCCCCCCCCCCCCCCC. The number of nitrogens with one attached hydrogen (secondary N) is 1. The summed E-state index contributed by atoms with van der Waals surface area (Å²) in [6.07, 6.45) is 104. The van der Waals surface area contributed by atoms with Crippen LogP contribution in [0.3, 0.4) is 0 Å². The van der Waals surface area contributed by atoms with Crippen molar-refractivity contribution in [3.05, 3.63) is 48.6 Å². The molecular formula is C83H157NO5. The van der Waals surface area contributed by atoms with E-state index < -0.39 is 12.1 Å². The Kier molecular flexibility index (Phi) is 76.3. The molecule has 0 rings (SSSR count). The second kappa shape index (κ2) is 78.3. The molecule has 3 N–H and O–H groups in total. The van der Waals surface area contributed by atoms with Crippen LogP contribution in [0.5, 0.6) is 0 Å². The van der Waals surface area contributed by atoms with Crippen molar-refractivity contribution < 1.29 is 24.5 Å². The van der Waals surface area contributed by atoms with Crippen molar-refractivity contribution in [2.75, 3.05) is 13.2 Å². The van der Waals surface area contributed by atoms with Gasteiger partial charge in [0.15, 0.2) is 0 Å². The van der Waals surface area contributed by atoms with Crippen LogP contribution in [0.2, 0.25) is 0 Å². The van der Waals surface area contributed by atoms with Crippen molar-refractivity contribution >= 4 is 11.9 Å². The lowest BCUT2D eigenvalue weighted by Gasteiger charge is -2.20. The van der Waals surface area contributed by atoms with Crippen LogP contribution in [0.1, 0.15) is 444 Å². The number of hydrogen-bond donors (Lipinski definition) is 3. The van der Waals surface area contributed by atoms with Gasteiger partial charge >= 0.3 is 5.97 Å². The molecule has 0 aliphatic heterocycles. The first-order valence-corrected chi connectivity index (χ1v) is 40.4. The highest BCUT2D eigenvalue weighted by molar-refractivity contribution is 5.76. The predicted octanol–water partition coefficient (Wildman–Crippen LogP) is 26.8. The van der Waals surface area contributed by atoms with Crippen molar-refractivity contribution in [3.63, 3.8) is 0 Å². The summed E-state index contributed by atoms with van der Waals surface area (Å²) in [5, 5.41) is 23.3. The Balaban J connectivity index is 3.39. The van der Waals surface area contributed by atoms with Crippen LogP contribution in [-0.2, 0) is 14.3 Å². The van der Waals surface area contributed by atoms with Crippen LogP contribution in [0.25, 0.3) is 0 Å². The van der Waals surface area contributed by atoms with E-state index in [1.165, 1.54) is 366 Å². The van der Waals surface area contributed by atoms with Crippen molar-refractivity contribution in [1.82, 2.24) is 5.32 Å². The molecule has 0 radical (unpaired) electrons. The summed E-state index contributed by atoms with van der Waals surface area (Å²) in [5.41, 5.74) is 0. The molecular weight excluding hydrogens is 1090 g/mol. The zero-order valence-corrected chi connectivity index (χ0v) is 60.2. The molecule has 0 heterocycles. The third-order valence-corrected chi connectivity index (χ3v) is 18.8. The lowest BCUT2D eigenvalue weighted by atomic mass is 10.0. The fourth-order valence-corrected chi connectivity index (χ4v) is 12.7. The van der Waals surface area contributed by atoms with Gasteiger partial charge in [0.2, 0.25) is 5.91 Å². The smallest absolute Gasteiger partial charge is 0.305 e. The number of aliphatic hydroxyl groups is 2. The lowest BCUT2D eigenvalue weighted by molar-refractivity contribution is -0.143. The second-order valence-electron chi connectivity index (χ2n) is 27.7. The number of carbonyl (C=O) groups excluding carboxylic acids is 2. The van der Waals surface area contributed by atoms with E-state index in [0.29, 0.717) is 19.4 Å². The van der Waals surface area contributed by atoms with Crippen LogP contribution in [0, 0.1) is 0 Å². The number of hydrogen-bond acceptors (Lipinski definition) is 5. The van der Waals surface area contributed by atoms with Gasteiger partial charge in [-0.2, -0.15) is 0 Å². The molecule has 0 saturated carbocycles. The van der Waals surface area contributed by atoms with Crippen LogP contribution < -0.4 is 5.32 Å². The fraction of sp³-hybridized carbons (Fsp3) is 0.880. The molecule has 0 fully saturated rings. The molecule has 2 unspecified atom stereocenters. The average molecular weight is 1250 g/mol. The Morgan fingerprint density at radius 2 is 0.562 bits per heavy atom. The highest BCUT2D eigenvalue weighted by Crippen LogP contribution is 2.19. The first-order valence-electron chi connectivity index (χ1n) is 40.4. The molecule has 2 atom stereocenters. The Hall–Kier alpha value is -2.18. The minimum atomic E-state index is -0.844. The molecule has 0 spiro atoms. The molecule has 0 aromatic rings. The minimum Gasteiger partial charge on any atom is -0.466 e. The van der Waals surface area contributed by atoms with Gasteiger partial charge in [0.25, 0.3) is 0 Å². The van der Waals surface area contributed by atoms with Crippen LogP contribution >= 0.6 is 0 Å². The van der Waals surface area contributed by atoms with Gasteiger partial charge < -0.3 is 20.3 Å². The summed E-state index contributed by atoms with van der Waals surface area (Å²) in [6.45, 7) is 4.93. The fourth-order valence-electron chi connectivity index (χ4n) is 12.7. The number of rotatable bonds is 76. The molecule has 0 aliphatic carbocycles. The van der Waals surface area contributed by atoms with E-state index in [0.717, 1.165) is 51.4 Å². The molecule has 89 heavy (non-hydrogen) atoms. The molecule has 0 aliphatic rings. The van der Waals surface area contributed by atoms with Crippen LogP contribution in [-0.4, -0.2) is 47.4 Å². The summed E-state index contributed by atoms with van der Waals surface area (Å²) in [6, 6.07) is -0.627. The van der Waals surface area contributed by atoms with E-state index in [1.54, 1.807) is 6.08 Å². The quantitative estimate of drug-likeness (QED) is 0.0320. The van der Waals surface area contributed by atoms with Gasteiger partial charge in [0, 0.05) is 12.8 Å². The van der Waals surface area contributed by atoms with Crippen LogP contribution in [0.15, 0.2) is 48.6 Å². The normalized spacial score (nSPS) is 12.7. The van der Waals surface area contributed by atoms with Crippen molar-refractivity contribution in [1.29, 1.82) is 0 Å². The summed E-state index contributed by atoms with van der Waals surface area (Å²) >= 11 is 0. The standard InChI is InChI=1S/C83H157NO5/c1-3-5-7-9-11-13-15-17-19-20-21-39-42-45-48-51-55-59-63-67-71-75-81(86)80(79-85)84-82(87)76-72-68-64-60-56-52-49-46-43-40-37-35-33-31-29-27-25-23-22-24-26-28-30-32-34-36-38-41-44-47-50-54-58-62-66-70-74-78-89-83(88)77-73-69-65-61-57-53-18-16-14-12-10-8-6-4-2/h16,18,22,24,28,30,71,75,80-81,85-86H,3-15,17,19-21,23,25-27,29,31-70,72-74,76-79H2,1-2H3,(H,84,87)/b18-16-,24-22-,30-28-,75-71+. The van der Waals surface area contributed by atoms with Gasteiger partial charge in [-0.05, 0) is 89.9 Å². The van der Waals surface area contributed by atoms with E-state index in [-0.39, 0.29) is 18.5 Å². The average Bonchev–Trinajstić information content (AvgIpc) is 3.60. The highest BCUT2D eigenvalue weighted by atomic mass is 16.5. The first-order chi connectivity index (χ1) is 44.0. The molecule has 6 heteroatoms. The third-order valence-electron chi connectivity index (χ3n) is 18.8. The van der Waals surface area contributed by atoms with Crippen molar-refractivity contribution in [3.8, 4) is 0 Å². The molecule has 0 saturated heterocycles. The number of carbonyl (C=O) groups is 2. The molecule has 0 aromatic carbocycles. The maximum Gasteiger partial charge on any atom is 0.305 e. The number of unbranched alkanes of at least 4 members (excludes halogenated alkanes) is 59. The zero-order chi connectivity index (χ0) is 64.2. The van der Waals surface area contributed by atoms with E-state index in [4.69, 9.17) is 4.74 Å². The van der Waals surface area contributed by atoms with Crippen LogP contribution in [0.4, 0.5) is 0 Å². The van der Waals surface area contributed by atoms with E-state index in [9.17, 15) is 19.8 Å². The first kappa shape index (κ1) is 86.8. The zero-order valence-electron chi connectivity index (χ0n) is 60.2. The number of amides is 1. The third kappa shape index (κ3) is 74.7. The number of allylic oxidation sites excluding steroid dienone is 7. The van der Waals surface area contributed by atoms with Gasteiger partial charge in [0.1, 0.15) is 0 Å². The Morgan fingerprint density at radius 1 is 0.315 bits per heavy atom. The van der Waals surface area contributed by atoms with Crippen molar-refractivity contribution in [2.45, 2.75) is 456 Å². The maximum atomic E-state index is 12.5. The summed E-state index contributed by atoms with van der Waals surface area (Å²) in [7, 11) is 0. The van der Waals surface area contributed by atoms with E-state index in [2.05, 4.69) is 55.6 Å². The maximum absolute atomic E-state index is 12.5. The molecule has 1 amide bonds. The van der Waals surface area contributed by atoms with Gasteiger partial charge in [-0.3, -0.25) is 9.59 Å². The monoisotopic (exact) mass is 1250 g/mol. The topological polar surface area (TPSA) is 95.9 Å². The molecule has 6 nitrogen and oxygen atoms in total. The van der Waals surface area contributed by atoms with Gasteiger partial charge in [-0.15, -0.1) is 0 Å².